The van der Waals surface area contributed by atoms with E-state index in [2.05, 4.69) is 5.32 Å². The van der Waals surface area contributed by atoms with E-state index in [1.54, 1.807) is 0 Å². The fourth-order valence-corrected chi connectivity index (χ4v) is 1.06. The summed E-state index contributed by atoms with van der Waals surface area (Å²) in [5, 5.41) is 2.57. The van der Waals surface area contributed by atoms with Crippen LogP contribution in [0.4, 0.5) is 0 Å². The predicted octanol–water partition coefficient (Wildman–Crippen LogP) is -0.479. The Morgan fingerprint density at radius 1 is 0.882 bits per heavy atom. The van der Waals surface area contributed by atoms with Gasteiger partial charge in [-0.15, -0.1) is 0 Å². The van der Waals surface area contributed by atoms with Crippen molar-refractivity contribution in [1.29, 1.82) is 0 Å². The van der Waals surface area contributed by atoms with E-state index in [-0.39, 0.29) is 0 Å². The lowest BCUT2D eigenvalue weighted by molar-refractivity contribution is -0.109. The highest BCUT2D eigenvalue weighted by Gasteiger charge is 1.91. The zero-order chi connectivity index (χ0) is 12.6. The van der Waals surface area contributed by atoms with Crippen LogP contribution in [-0.4, -0.2) is 59.1 Å². The summed E-state index contributed by atoms with van der Waals surface area (Å²) in [5.74, 6) is 0. The molecule has 0 aromatic carbocycles. The second kappa shape index (κ2) is 15.3. The maximum Gasteiger partial charge on any atom is 0.207 e. The van der Waals surface area contributed by atoms with Gasteiger partial charge in [0, 0.05) is 19.8 Å². The monoisotopic (exact) mass is 248 g/mol. The molecule has 102 valence electrons. The molecule has 0 bridgehead atoms. The van der Waals surface area contributed by atoms with Crippen molar-refractivity contribution in [3.05, 3.63) is 0 Å². The molecule has 0 heterocycles. The minimum atomic E-state index is 0.571. The van der Waals surface area contributed by atoms with Crippen LogP contribution in [-0.2, 0) is 19.0 Å². The van der Waals surface area contributed by atoms with E-state index in [0.29, 0.717) is 59.1 Å². The zero-order valence-corrected chi connectivity index (χ0v) is 10.4. The molecule has 0 unspecified atom stereocenters. The van der Waals surface area contributed by atoms with E-state index < -0.39 is 0 Å². The summed E-state index contributed by atoms with van der Waals surface area (Å²) in [6, 6.07) is 0. The van der Waals surface area contributed by atoms with Crippen LogP contribution >= 0.6 is 0 Å². The second-order valence-electron chi connectivity index (χ2n) is 3.40. The average Bonchev–Trinajstić information content (AvgIpc) is 2.35. The van der Waals surface area contributed by atoms with Gasteiger partial charge in [0.05, 0.1) is 26.4 Å². The Hall–Kier alpha value is -0.690. The smallest absolute Gasteiger partial charge is 0.207 e. The number of nitrogens with two attached hydrogens (primary N) is 1. The van der Waals surface area contributed by atoms with Crippen molar-refractivity contribution in [3.8, 4) is 0 Å². The summed E-state index contributed by atoms with van der Waals surface area (Å²) in [4.78, 5) is 9.92. The quantitative estimate of drug-likeness (QED) is 0.320. The first-order valence-electron chi connectivity index (χ1n) is 6.02. The second-order valence-corrected chi connectivity index (χ2v) is 3.40. The molecular formula is C11H24N2O4. The highest BCUT2D eigenvalue weighted by atomic mass is 16.5. The lowest BCUT2D eigenvalue weighted by Gasteiger charge is -2.06. The molecular weight excluding hydrogens is 224 g/mol. The largest absolute Gasteiger partial charge is 0.379 e. The summed E-state index contributed by atoms with van der Waals surface area (Å²) in [6.45, 7) is 4.97. The van der Waals surface area contributed by atoms with Gasteiger partial charge in [-0.2, -0.15) is 0 Å². The first-order valence-corrected chi connectivity index (χ1v) is 6.02. The van der Waals surface area contributed by atoms with Crippen LogP contribution in [0.2, 0.25) is 0 Å². The summed E-state index contributed by atoms with van der Waals surface area (Å²) in [6.07, 6.45) is 2.40. The molecule has 0 aliphatic carbocycles. The molecule has 17 heavy (non-hydrogen) atoms. The third-order valence-corrected chi connectivity index (χ3v) is 1.93. The lowest BCUT2D eigenvalue weighted by Crippen LogP contribution is -2.15. The van der Waals surface area contributed by atoms with Crippen LogP contribution in [0.15, 0.2) is 0 Å². The van der Waals surface area contributed by atoms with E-state index in [4.69, 9.17) is 19.9 Å². The number of hydrogen-bond acceptors (Lipinski definition) is 5. The van der Waals surface area contributed by atoms with Crippen LogP contribution < -0.4 is 11.1 Å². The molecule has 0 fully saturated rings. The highest BCUT2D eigenvalue weighted by molar-refractivity contribution is 5.45. The fraction of sp³-hybridized carbons (Fsp3) is 0.909. The summed E-state index contributed by atoms with van der Waals surface area (Å²) < 4.78 is 15.8. The first-order chi connectivity index (χ1) is 8.41. The van der Waals surface area contributed by atoms with Crippen molar-refractivity contribution in [1.82, 2.24) is 5.32 Å². The van der Waals surface area contributed by atoms with Crippen LogP contribution in [0.1, 0.15) is 12.8 Å². The fourth-order valence-electron chi connectivity index (χ4n) is 1.06. The maximum absolute atomic E-state index is 9.92. The number of carbonyl (C=O) groups excluding carboxylic acids is 1. The Bertz CT molecular complexity index is 158. The predicted molar refractivity (Wildman–Crippen MR) is 64.8 cm³/mol. The van der Waals surface area contributed by atoms with E-state index in [9.17, 15) is 4.79 Å². The van der Waals surface area contributed by atoms with Crippen molar-refractivity contribution in [2.45, 2.75) is 12.8 Å². The third-order valence-electron chi connectivity index (χ3n) is 1.93. The number of nitrogens with one attached hydrogen (secondary N) is 1. The maximum atomic E-state index is 9.92. The third kappa shape index (κ3) is 15.3. The standard InChI is InChI=1S/C11H24N2O4/c12-3-1-5-15-7-9-17-10-8-16-6-2-4-13-11-14/h11H,1-10,12H2,(H,13,14). The van der Waals surface area contributed by atoms with Gasteiger partial charge in [-0.3, -0.25) is 4.79 Å². The molecule has 3 N–H and O–H groups in total. The van der Waals surface area contributed by atoms with Crippen molar-refractivity contribution in [2.24, 2.45) is 5.73 Å². The molecule has 0 aliphatic rings. The van der Waals surface area contributed by atoms with Gasteiger partial charge in [-0.1, -0.05) is 0 Å². The highest BCUT2D eigenvalue weighted by Crippen LogP contribution is 1.84. The van der Waals surface area contributed by atoms with Crippen molar-refractivity contribution >= 4 is 6.41 Å². The minimum absolute atomic E-state index is 0.571. The minimum Gasteiger partial charge on any atom is -0.379 e. The molecule has 0 saturated carbocycles. The van der Waals surface area contributed by atoms with Gasteiger partial charge in [0.2, 0.25) is 6.41 Å². The number of rotatable bonds is 14. The van der Waals surface area contributed by atoms with Crippen molar-refractivity contribution in [3.63, 3.8) is 0 Å². The lowest BCUT2D eigenvalue weighted by atomic mass is 10.4. The molecule has 0 radical (unpaired) electrons. The van der Waals surface area contributed by atoms with Crippen molar-refractivity contribution in [2.75, 3.05) is 52.7 Å². The first kappa shape index (κ1) is 16.3. The molecule has 6 nitrogen and oxygen atoms in total. The number of carbonyl (C=O) groups is 1. The molecule has 0 aromatic rings. The van der Waals surface area contributed by atoms with Gasteiger partial charge >= 0.3 is 0 Å². The Kier molecular flexibility index (Phi) is 14.7. The van der Waals surface area contributed by atoms with Gasteiger partial charge in [0.15, 0.2) is 0 Å². The molecule has 1 amide bonds. The number of hydrogen-bond donors (Lipinski definition) is 2. The molecule has 0 spiro atoms. The van der Waals surface area contributed by atoms with E-state index in [1.165, 1.54) is 0 Å². The average molecular weight is 248 g/mol. The molecule has 0 saturated heterocycles. The van der Waals surface area contributed by atoms with Crippen molar-refractivity contribution < 1.29 is 19.0 Å². The number of amides is 1. The Morgan fingerprint density at radius 2 is 1.41 bits per heavy atom. The van der Waals surface area contributed by atoms with Gasteiger partial charge in [0.25, 0.3) is 0 Å². The van der Waals surface area contributed by atoms with Crippen LogP contribution in [0.25, 0.3) is 0 Å². The Morgan fingerprint density at radius 3 is 1.94 bits per heavy atom. The van der Waals surface area contributed by atoms with Crippen LogP contribution in [0.3, 0.4) is 0 Å². The van der Waals surface area contributed by atoms with Crippen LogP contribution in [0, 0.1) is 0 Å². The molecule has 0 aliphatic heterocycles. The van der Waals surface area contributed by atoms with Gasteiger partial charge in [0.1, 0.15) is 0 Å². The van der Waals surface area contributed by atoms with Gasteiger partial charge in [-0.25, -0.2) is 0 Å². The number of ether oxygens (including phenoxy) is 3. The Balaban J connectivity index is 2.87. The zero-order valence-electron chi connectivity index (χ0n) is 10.4. The van der Waals surface area contributed by atoms with E-state index in [0.717, 1.165) is 12.8 Å². The topological polar surface area (TPSA) is 82.8 Å². The SMILES string of the molecule is NCCCOCCOCCOCCCNC=O. The molecule has 0 rings (SSSR count). The Labute approximate surface area is 103 Å². The molecule has 6 heteroatoms. The normalized spacial score (nSPS) is 10.4. The van der Waals surface area contributed by atoms with Gasteiger partial charge in [-0.05, 0) is 19.4 Å². The molecule has 0 aromatic heterocycles. The van der Waals surface area contributed by atoms with E-state index >= 15 is 0 Å². The summed E-state index contributed by atoms with van der Waals surface area (Å²) in [5.41, 5.74) is 5.32. The van der Waals surface area contributed by atoms with Gasteiger partial charge < -0.3 is 25.3 Å². The summed E-state index contributed by atoms with van der Waals surface area (Å²) >= 11 is 0. The molecule has 0 atom stereocenters. The summed E-state index contributed by atoms with van der Waals surface area (Å²) in [7, 11) is 0. The van der Waals surface area contributed by atoms with Crippen LogP contribution in [0.5, 0.6) is 0 Å². The van der Waals surface area contributed by atoms with E-state index in [1.807, 2.05) is 0 Å².